The molecule has 0 saturated carbocycles. The van der Waals surface area contributed by atoms with Gasteiger partial charge in [-0.1, -0.05) is 6.07 Å². The Balaban J connectivity index is 3.21. The normalized spacial score (nSPS) is 11.4. The molecular weight excluding hydrogens is 218 g/mol. The van der Waals surface area contributed by atoms with E-state index in [1.165, 1.54) is 13.2 Å². The molecule has 0 aliphatic rings. The number of aliphatic hydroxyl groups excluding tert-OH is 1. The van der Waals surface area contributed by atoms with Gasteiger partial charge in [0.2, 0.25) is 10.0 Å². The smallest absolute Gasteiger partial charge is 0.241 e. The lowest BCUT2D eigenvalue weighted by Crippen LogP contribution is -2.13. The van der Waals surface area contributed by atoms with Gasteiger partial charge >= 0.3 is 0 Å². The van der Waals surface area contributed by atoms with Gasteiger partial charge in [0.1, 0.15) is 10.6 Å². The van der Waals surface area contributed by atoms with E-state index in [1.807, 2.05) is 0 Å². The van der Waals surface area contributed by atoms with Crippen molar-refractivity contribution >= 4 is 10.0 Å². The van der Waals surface area contributed by atoms with Crippen molar-refractivity contribution in [2.24, 2.45) is 5.14 Å². The number of hydrogen-bond donors (Lipinski definition) is 2. The minimum absolute atomic E-state index is 0.00211. The van der Waals surface area contributed by atoms with E-state index in [1.54, 1.807) is 12.1 Å². The molecule has 0 unspecified atom stereocenters. The zero-order chi connectivity index (χ0) is 11.5. The maximum atomic E-state index is 11.1. The van der Waals surface area contributed by atoms with E-state index in [4.69, 9.17) is 15.0 Å². The van der Waals surface area contributed by atoms with Gasteiger partial charge in [-0.15, -0.1) is 0 Å². The standard InChI is InChI=1S/C9H13NO4S/c1-14-8-6-7(4-5-11)2-3-9(8)15(10,12)13/h2-3,6,11H,4-5H2,1H3,(H2,10,12,13). The SMILES string of the molecule is COc1cc(CCO)ccc1S(N)(=O)=O. The van der Waals surface area contributed by atoms with Crippen molar-refractivity contribution in [2.45, 2.75) is 11.3 Å². The van der Waals surface area contributed by atoms with Gasteiger partial charge in [-0.05, 0) is 24.1 Å². The number of primary sulfonamides is 1. The molecule has 0 aromatic heterocycles. The summed E-state index contributed by atoms with van der Waals surface area (Å²) in [7, 11) is -2.40. The first kappa shape index (κ1) is 12.0. The Morgan fingerprint density at radius 1 is 1.47 bits per heavy atom. The molecule has 0 aliphatic heterocycles. The first-order chi connectivity index (χ1) is 6.99. The predicted octanol–water partition coefficient (Wildman–Crippen LogP) is -0.123. The first-order valence-corrected chi connectivity index (χ1v) is 5.84. The number of methoxy groups -OCH3 is 1. The summed E-state index contributed by atoms with van der Waals surface area (Å²) in [6, 6.07) is 4.52. The van der Waals surface area contributed by atoms with Crippen LogP contribution >= 0.6 is 0 Å². The van der Waals surface area contributed by atoms with Crippen molar-refractivity contribution in [3.63, 3.8) is 0 Å². The number of aliphatic hydroxyl groups is 1. The molecule has 0 bridgehead atoms. The van der Waals surface area contributed by atoms with Gasteiger partial charge in [-0.3, -0.25) is 0 Å². The van der Waals surface area contributed by atoms with Gasteiger partial charge in [-0.25, -0.2) is 13.6 Å². The van der Waals surface area contributed by atoms with E-state index in [2.05, 4.69) is 0 Å². The number of rotatable bonds is 4. The van der Waals surface area contributed by atoms with Crippen molar-refractivity contribution in [1.82, 2.24) is 0 Å². The molecule has 0 radical (unpaired) electrons. The maximum absolute atomic E-state index is 11.1. The predicted molar refractivity (Wildman–Crippen MR) is 55.2 cm³/mol. The van der Waals surface area contributed by atoms with Crippen LogP contribution in [0.2, 0.25) is 0 Å². The topological polar surface area (TPSA) is 89.6 Å². The summed E-state index contributed by atoms with van der Waals surface area (Å²) < 4.78 is 27.2. The monoisotopic (exact) mass is 231 g/mol. The first-order valence-electron chi connectivity index (χ1n) is 4.29. The van der Waals surface area contributed by atoms with Gasteiger partial charge in [-0.2, -0.15) is 0 Å². The summed E-state index contributed by atoms with van der Waals surface area (Å²) in [5, 5.41) is 13.7. The van der Waals surface area contributed by atoms with Crippen molar-refractivity contribution in [1.29, 1.82) is 0 Å². The highest BCUT2D eigenvalue weighted by Gasteiger charge is 2.14. The molecule has 1 rings (SSSR count). The Morgan fingerprint density at radius 2 is 2.13 bits per heavy atom. The highest BCUT2D eigenvalue weighted by molar-refractivity contribution is 7.89. The molecule has 1 aromatic rings. The molecule has 84 valence electrons. The fraction of sp³-hybridized carbons (Fsp3) is 0.333. The largest absolute Gasteiger partial charge is 0.495 e. The minimum Gasteiger partial charge on any atom is -0.495 e. The van der Waals surface area contributed by atoms with Crippen molar-refractivity contribution in [2.75, 3.05) is 13.7 Å². The van der Waals surface area contributed by atoms with Crippen molar-refractivity contribution < 1.29 is 18.3 Å². The molecule has 0 heterocycles. The quantitative estimate of drug-likeness (QED) is 0.755. The zero-order valence-corrected chi connectivity index (χ0v) is 9.12. The highest BCUT2D eigenvalue weighted by Crippen LogP contribution is 2.23. The number of sulfonamides is 1. The third-order valence-corrected chi connectivity index (χ3v) is 2.89. The number of hydrogen-bond acceptors (Lipinski definition) is 4. The van der Waals surface area contributed by atoms with Crippen molar-refractivity contribution in [3.05, 3.63) is 23.8 Å². The Labute approximate surface area is 88.5 Å². The molecular formula is C9H13NO4S. The summed E-state index contributed by atoms with van der Waals surface area (Å²) in [6.45, 7) is -0.00211. The molecule has 6 heteroatoms. The van der Waals surface area contributed by atoms with Crippen LogP contribution in [0.1, 0.15) is 5.56 Å². The van der Waals surface area contributed by atoms with Crippen LogP contribution in [0.5, 0.6) is 5.75 Å². The van der Waals surface area contributed by atoms with Crippen LogP contribution < -0.4 is 9.88 Å². The number of nitrogens with two attached hydrogens (primary N) is 1. The number of ether oxygens (including phenoxy) is 1. The van der Waals surface area contributed by atoms with Gasteiger partial charge < -0.3 is 9.84 Å². The Bertz CT molecular complexity index is 441. The molecule has 0 aliphatic carbocycles. The van der Waals surface area contributed by atoms with Gasteiger partial charge in [0.15, 0.2) is 0 Å². The third kappa shape index (κ3) is 2.92. The minimum atomic E-state index is -3.76. The lowest BCUT2D eigenvalue weighted by atomic mass is 10.1. The average Bonchev–Trinajstić information content (AvgIpc) is 2.16. The molecule has 0 spiro atoms. The third-order valence-electron chi connectivity index (χ3n) is 1.94. The fourth-order valence-corrected chi connectivity index (χ4v) is 1.91. The summed E-state index contributed by atoms with van der Waals surface area (Å²) in [4.78, 5) is -0.0494. The zero-order valence-electron chi connectivity index (χ0n) is 8.30. The molecule has 0 fully saturated rings. The van der Waals surface area contributed by atoms with E-state index in [-0.39, 0.29) is 17.3 Å². The lowest BCUT2D eigenvalue weighted by Gasteiger charge is -2.08. The van der Waals surface area contributed by atoms with Gasteiger partial charge in [0.25, 0.3) is 0 Å². The van der Waals surface area contributed by atoms with Crippen LogP contribution in [0.3, 0.4) is 0 Å². The van der Waals surface area contributed by atoms with Gasteiger partial charge in [0, 0.05) is 6.61 Å². The summed E-state index contributed by atoms with van der Waals surface area (Å²) in [5.41, 5.74) is 0.793. The maximum Gasteiger partial charge on any atom is 0.241 e. The molecule has 15 heavy (non-hydrogen) atoms. The summed E-state index contributed by atoms with van der Waals surface area (Å²) >= 11 is 0. The fourth-order valence-electron chi connectivity index (χ4n) is 1.23. The van der Waals surface area contributed by atoms with E-state index < -0.39 is 10.0 Å². The Morgan fingerprint density at radius 3 is 2.60 bits per heavy atom. The second kappa shape index (κ2) is 4.61. The van der Waals surface area contributed by atoms with Crippen LogP contribution in [0.4, 0.5) is 0 Å². The molecule has 0 saturated heterocycles. The van der Waals surface area contributed by atoms with E-state index in [0.717, 1.165) is 5.56 Å². The average molecular weight is 231 g/mol. The molecule has 0 atom stereocenters. The summed E-state index contributed by atoms with van der Waals surface area (Å²) in [5.74, 6) is 0.198. The van der Waals surface area contributed by atoms with Crippen LogP contribution in [0.25, 0.3) is 0 Å². The molecule has 1 aromatic carbocycles. The second-order valence-electron chi connectivity index (χ2n) is 3.00. The number of benzene rings is 1. The van der Waals surface area contributed by atoms with Crippen LogP contribution in [0.15, 0.2) is 23.1 Å². The summed E-state index contributed by atoms with van der Waals surface area (Å²) in [6.07, 6.45) is 0.446. The van der Waals surface area contributed by atoms with Crippen LogP contribution in [-0.2, 0) is 16.4 Å². The van der Waals surface area contributed by atoms with E-state index >= 15 is 0 Å². The Kier molecular flexibility index (Phi) is 3.67. The Hall–Kier alpha value is -1.11. The van der Waals surface area contributed by atoms with Crippen LogP contribution in [0, 0.1) is 0 Å². The van der Waals surface area contributed by atoms with Crippen molar-refractivity contribution in [3.8, 4) is 5.75 Å². The molecule has 3 N–H and O–H groups in total. The lowest BCUT2D eigenvalue weighted by molar-refractivity contribution is 0.299. The highest BCUT2D eigenvalue weighted by atomic mass is 32.2. The van der Waals surface area contributed by atoms with E-state index in [9.17, 15) is 8.42 Å². The van der Waals surface area contributed by atoms with E-state index in [0.29, 0.717) is 6.42 Å². The second-order valence-corrected chi connectivity index (χ2v) is 4.53. The van der Waals surface area contributed by atoms with Gasteiger partial charge in [0.05, 0.1) is 7.11 Å². The molecule has 0 amide bonds. The van der Waals surface area contributed by atoms with Crippen LogP contribution in [-0.4, -0.2) is 27.2 Å². The molecule has 5 nitrogen and oxygen atoms in total.